The Labute approximate surface area is 190 Å². The van der Waals surface area contributed by atoms with Crippen molar-refractivity contribution in [3.63, 3.8) is 0 Å². The molecule has 0 unspecified atom stereocenters. The predicted octanol–water partition coefficient (Wildman–Crippen LogP) is 5.88. The molecular weight excluding hydrogens is 392 g/mol. The lowest BCUT2D eigenvalue weighted by Gasteiger charge is -2.72. The van der Waals surface area contributed by atoms with Gasteiger partial charge in [0.1, 0.15) is 0 Å². The van der Waals surface area contributed by atoms with E-state index >= 15 is 0 Å². The zero-order chi connectivity index (χ0) is 21.0. The topological polar surface area (TPSA) is 18.5 Å². The summed E-state index contributed by atoms with van der Waals surface area (Å²) in [4.78, 5) is 0. The summed E-state index contributed by atoms with van der Waals surface area (Å²) in [5.74, 6) is -0.339. The number of hydrogen-bond donors (Lipinski definition) is 0. The normalized spacial score (nSPS) is 33.5. The van der Waals surface area contributed by atoms with Crippen molar-refractivity contribution in [3.8, 4) is 0 Å². The molecule has 1 aliphatic heterocycles. The smallest absolute Gasteiger partial charge is 0.168 e. The van der Waals surface area contributed by atoms with Crippen LogP contribution >= 0.6 is 0 Å². The van der Waals surface area contributed by atoms with E-state index in [0.717, 1.165) is 51.7 Å². The molecule has 32 heavy (non-hydrogen) atoms. The molecule has 0 bridgehead atoms. The van der Waals surface area contributed by atoms with Crippen molar-refractivity contribution in [2.45, 2.75) is 63.6 Å². The Balaban J connectivity index is 1.27. The van der Waals surface area contributed by atoms with Gasteiger partial charge in [-0.3, -0.25) is 0 Å². The van der Waals surface area contributed by atoms with Crippen LogP contribution in [-0.4, -0.2) is 19.0 Å². The van der Waals surface area contributed by atoms with Crippen LogP contribution < -0.4 is 0 Å². The molecule has 0 aromatic heterocycles. The lowest BCUT2D eigenvalue weighted by atomic mass is 9.31. The van der Waals surface area contributed by atoms with Crippen LogP contribution in [0.25, 0.3) is 0 Å². The average molecular weight is 423 g/mol. The molecule has 2 aromatic rings. The van der Waals surface area contributed by atoms with Crippen molar-refractivity contribution in [2.75, 3.05) is 13.2 Å². The summed E-state index contributed by atoms with van der Waals surface area (Å²) < 4.78 is 13.7. The minimum absolute atomic E-state index is 0.0830. The van der Waals surface area contributed by atoms with Gasteiger partial charge in [-0.1, -0.05) is 77.2 Å². The first-order valence-corrected chi connectivity index (χ1v) is 12.6. The van der Waals surface area contributed by atoms with Crippen molar-refractivity contribution in [3.05, 3.63) is 93.1 Å². The fourth-order valence-corrected chi connectivity index (χ4v) is 8.39. The summed E-state index contributed by atoms with van der Waals surface area (Å²) in [7, 11) is 0. The highest BCUT2D eigenvalue weighted by atomic mass is 16.7. The molecule has 2 heteroatoms. The standard InChI is InChI=1S/C30H30O2/c1-6-12-28(13-7-1)31-18-29-24-14-20-8-2-3-9-21(20)15-25(24)30(29,19-32-28)27-17-23-11-5-4-10-22(23)16-26(27)29/h2-5,8-11H,1,6-7,12-19H2. The molecule has 5 aliphatic carbocycles. The third kappa shape index (κ3) is 1.97. The van der Waals surface area contributed by atoms with Gasteiger partial charge in [0.25, 0.3) is 0 Å². The van der Waals surface area contributed by atoms with Crippen molar-refractivity contribution >= 4 is 0 Å². The summed E-state index contributed by atoms with van der Waals surface area (Å²) >= 11 is 0. The Morgan fingerprint density at radius 3 is 1.25 bits per heavy atom. The zero-order valence-electron chi connectivity index (χ0n) is 18.7. The fourth-order valence-electron chi connectivity index (χ4n) is 8.39. The summed E-state index contributed by atoms with van der Waals surface area (Å²) in [6, 6.07) is 18.2. The van der Waals surface area contributed by atoms with Crippen LogP contribution in [0.1, 0.15) is 54.4 Å². The van der Waals surface area contributed by atoms with Gasteiger partial charge in [0.05, 0.1) is 24.0 Å². The third-order valence-corrected chi connectivity index (χ3v) is 9.94. The maximum atomic E-state index is 6.87. The van der Waals surface area contributed by atoms with Gasteiger partial charge in [0.2, 0.25) is 0 Å². The van der Waals surface area contributed by atoms with Gasteiger partial charge < -0.3 is 9.47 Å². The highest BCUT2D eigenvalue weighted by Gasteiger charge is 2.76. The monoisotopic (exact) mass is 422 g/mol. The molecule has 2 aromatic carbocycles. The number of benzene rings is 2. The van der Waals surface area contributed by atoms with E-state index < -0.39 is 0 Å². The van der Waals surface area contributed by atoms with Gasteiger partial charge in [-0.2, -0.15) is 0 Å². The van der Waals surface area contributed by atoms with Crippen molar-refractivity contribution < 1.29 is 9.47 Å². The first-order valence-electron chi connectivity index (χ1n) is 12.6. The van der Waals surface area contributed by atoms with Crippen LogP contribution in [0.4, 0.5) is 0 Å². The molecule has 0 amide bonds. The second kappa shape index (κ2) is 6.04. The molecule has 6 aliphatic rings. The summed E-state index contributed by atoms with van der Waals surface area (Å²) in [6.07, 6.45) is 10.3. The molecule has 2 fully saturated rings. The Morgan fingerprint density at radius 1 is 0.500 bits per heavy atom. The SMILES string of the molecule is c1ccc2c(c1)CC1=C(C2)C23COC4(CCCCC4)OCC12C1=C3Cc2ccccc2C1. The van der Waals surface area contributed by atoms with Gasteiger partial charge in [-0.25, -0.2) is 0 Å². The number of rotatable bonds is 0. The molecule has 1 heterocycles. The molecule has 0 atom stereocenters. The summed E-state index contributed by atoms with van der Waals surface area (Å²) in [5.41, 5.74) is 13.0. The summed E-state index contributed by atoms with van der Waals surface area (Å²) in [5, 5.41) is 0. The van der Waals surface area contributed by atoms with Gasteiger partial charge in [0, 0.05) is 12.8 Å². The van der Waals surface area contributed by atoms with E-state index in [0.29, 0.717) is 0 Å². The van der Waals surface area contributed by atoms with Crippen LogP contribution in [0, 0.1) is 10.8 Å². The lowest BCUT2D eigenvalue weighted by Crippen LogP contribution is -2.69. The van der Waals surface area contributed by atoms with Crippen LogP contribution in [-0.2, 0) is 35.2 Å². The Morgan fingerprint density at radius 2 is 0.875 bits per heavy atom. The molecule has 8 rings (SSSR count). The van der Waals surface area contributed by atoms with Crippen LogP contribution in [0.5, 0.6) is 0 Å². The molecule has 162 valence electrons. The minimum atomic E-state index is -0.339. The molecule has 1 saturated carbocycles. The first kappa shape index (κ1) is 18.3. The largest absolute Gasteiger partial charge is 0.349 e. The quantitative estimate of drug-likeness (QED) is 0.493. The summed E-state index contributed by atoms with van der Waals surface area (Å²) in [6.45, 7) is 1.66. The molecule has 0 radical (unpaired) electrons. The molecular formula is C30H30O2. The second-order valence-electron chi connectivity index (χ2n) is 11.0. The lowest BCUT2D eigenvalue weighted by molar-refractivity contribution is -0.244. The van der Waals surface area contributed by atoms with Gasteiger partial charge in [0.15, 0.2) is 5.79 Å². The average Bonchev–Trinajstić information content (AvgIpc) is 2.92. The van der Waals surface area contributed by atoms with Crippen molar-refractivity contribution in [1.82, 2.24) is 0 Å². The van der Waals surface area contributed by atoms with E-state index in [1.807, 2.05) is 0 Å². The zero-order valence-corrected chi connectivity index (χ0v) is 18.7. The third-order valence-electron chi connectivity index (χ3n) is 9.94. The number of fused-ring (bicyclic) bond motifs is 2. The molecule has 0 N–H and O–H groups in total. The number of ether oxygens (including phenoxy) is 2. The molecule has 1 spiro atoms. The van der Waals surface area contributed by atoms with Crippen molar-refractivity contribution in [1.29, 1.82) is 0 Å². The maximum Gasteiger partial charge on any atom is 0.168 e. The van der Waals surface area contributed by atoms with E-state index in [1.165, 1.54) is 41.5 Å². The number of hydrogen-bond acceptors (Lipinski definition) is 2. The van der Waals surface area contributed by atoms with Crippen molar-refractivity contribution in [2.24, 2.45) is 10.8 Å². The van der Waals surface area contributed by atoms with Gasteiger partial charge in [-0.15, -0.1) is 0 Å². The minimum Gasteiger partial charge on any atom is -0.349 e. The Kier molecular flexibility index (Phi) is 3.45. The van der Waals surface area contributed by atoms with E-state index in [2.05, 4.69) is 48.5 Å². The Hall–Kier alpha value is -2.16. The van der Waals surface area contributed by atoms with Crippen LogP contribution in [0.15, 0.2) is 70.8 Å². The first-order chi connectivity index (χ1) is 15.8. The highest BCUT2D eigenvalue weighted by Crippen LogP contribution is 2.79. The van der Waals surface area contributed by atoms with Gasteiger partial charge >= 0.3 is 0 Å². The van der Waals surface area contributed by atoms with Crippen LogP contribution in [0.3, 0.4) is 0 Å². The van der Waals surface area contributed by atoms with E-state index in [9.17, 15) is 0 Å². The van der Waals surface area contributed by atoms with Gasteiger partial charge in [-0.05, 0) is 60.8 Å². The second-order valence-corrected chi connectivity index (χ2v) is 11.0. The highest BCUT2D eigenvalue weighted by molar-refractivity contribution is 5.72. The Bertz CT molecular complexity index is 1060. The molecule has 1 saturated heterocycles. The van der Waals surface area contributed by atoms with E-state index in [4.69, 9.17) is 9.47 Å². The van der Waals surface area contributed by atoms with E-state index in [-0.39, 0.29) is 16.6 Å². The maximum absolute atomic E-state index is 6.87. The predicted molar refractivity (Wildman–Crippen MR) is 124 cm³/mol. The van der Waals surface area contributed by atoms with Crippen LogP contribution in [0.2, 0.25) is 0 Å². The van der Waals surface area contributed by atoms with E-state index in [1.54, 1.807) is 22.3 Å². The fraction of sp³-hybridized carbons (Fsp3) is 0.467. The molecule has 2 nitrogen and oxygen atoms in total.